The van der Waals surface area contributed by atoms with Crippen LogP contribution in [0.4, 0.5) is 0 Å². The van der Waals surface area contributed by atoms with Crippen LogP contribution in [0.15, 0.2) is 45.9 Å². The van der Waals surface area contributed by atoms with Gasteiger partial charge in [-0.2, -0.15) is 4.98 Å². The normalized spacial score (nSPS) is 15.9. The number of hydrogen-bond donors (Lipinski definition) is 2. The maximum Gasteiger partial charge on any atom is 0.228 e. The van der Waals surface area contributed by atoms with Gasteiger partial charge in [0.05, 0.1) is 6.54 Å². The fourth-order valence-electron chi connectivity index (χ4n) is 3.47. The van der Waals surface area contributed by atoms with E-state index in [0.29, 0.717) is 35.7 Å². The average molecular weight is 431 g/mol. The number of nitrogens with one attached hydrogen (secondary N) is 2. The van der Waals surface area contributed by atoms with Gasteiger partial charge in [-0.1, -0.05) is 28.9 Å². The third-order valence-corrected chi connectivity index (χ3v) is 5.18. The number of nitrogens with zero attached hydrogens (tertiary/aromatic N) is 4. The number of aliphatic imine (C=N–C) groups is 1. The number of likely N-dealkylation sites (tertiary alicyclic amines) is 1. The Balaban J connectivity index is 1.49. The smallest absolute Gasteiger partial charge is 0.228 e. The van der Waals surface area contributed by atoms with Crippen molar-refractivity contribution in [2.75, 3.05) is 32.7 Å². The van der Waals surface area contributed by atoms with Crippen LogP contribution in [0.1, 0.15) is 32.6 Å². The molecule has 2 aromatic rings. The van der Waals surface area contributed by atoms with Crippen LogP contribution in [-0.2, 0) is 6.42 Å². The van der Waals surface area contributed by atoms with Crippen molar-refractivity contribution in [2.45, 2.75) is 39.2 Å². The van der Waals surface area contributed by atoms with Gasteiger partial charge in [-0.3, -0.25) is 9.89 Å². The van der Waals surface area contributed by atoms with E-state index in [1.54, 1.807) is 0 Å². The van der Waals surface area contributed by atoms with E-state index < -0.39 is 0 Å². The van der Waals surface area contributed by atoms with E-state index in [1.807, 2.05) is 24.3 Å². The van der Waals surface area contributed by atoms with Gasteiger partial charge in [0.2, 0.25) is 11.7 Å². The molecule has 162 valence electrons. The molecule has 1 fully saturated rings. The van der Waals surface area contributed by atoms with Gasteiger partial charge in [0.15, 0.2) is 5.96 Å². The lowest BCUT2D eigenvalue weighted by molar-refractivity contribution is 0.221. The van der Waals surface area contributed by atoms with Crippen molar-refractivity contribution >= 4 is 17.6 Å². The van der Waals surface area contributed by atoms with Crippen LogP contribution in [0.5, 0.6) is 0 Å². The van der Waals surface area contributed by atoms with E-state index in [0.717, 1.165) is 50.5 Å². The van der Waals surface area contributed by atoms with Gasteiger partial charge in [-0.25, -0.2) is 0 Å². The third kappa shape index (κ3) is 6.85. The average Bonchev–Trinajstić information content (AvgIpc) is 3.18. The molecule has 0 aliphatic carbocycles. The molecule has 1 saturated heterocycles. The molecule has 3 rings (SSSR count). The number of rotatable bonds is 8. The van der Waals surface area contributed by atoms with Crippen LogP contribution in [-0.4, -0.2) is 59.8 Å². The van der Waals surface area contributed by atoms with E-state index in [-0.39, 0.29) is 0 Å². The number of aromatic nitrogens is 2. The summed E-state index contributed by atoms with van der Waals surface area (Å²) in [6.07, 6.45) is 2.80. The molecule has 0 radical (unpaired) electrons. The molecular weight excluding hydrogens is 400 g/mol. The van der Waals surface area contributed by atoms with Crippen molar-refractivity contribution in [2.24, 2.45) is 4.99 Å². The summed E-state index contributed by atoms with van der Waals surface area (Å²) in [6, 6.07) is 7.82. The third-order valence-electron chi connectivity index (χ3n) is 4.93. The Morgan fingerprint density at radius 2 is 2.03 bits per heavy atom. The quantitative estimate of drug-likeness (QED) is 0.379. The number of hydrogen-bond acceptors (Lipinski definition) is 5. The van der Waals surface area contributed by atoms with Gasteiger partial charge < -0.3 is 15.2 Å². The number of guanidine groups is 1. The minimum absolute atomic E-state index is 0.434. The summed E-state index contributed by atoms with van der Waals surface area (Å²) in [5, 5.41) is 11.6. The minimum Gasteiger partial charge on any atom is -0.357 e. The lowest BCUT2D eigenvalue weighted by Crippen LogP contribution is -2.49. The molecule has 1 aliphatic rings. The van der Waals surface area contributed by atoms with Crippen LogP contribution in [0.25, 0.3) is 11.4 Å². The van der Waals surface area contributed by atoms with Crippen molar-refractivity contribution in [3.05, 3.63) is 47.3 Å². The van der Waals surface area contributed by atoms with Crippen molar-refractivity contribution in [1.82, 2.24) is 25.7 Å². The zero-order valence-corrected chi connectivity index (χ0v) is 18.6. The molecule has 2 N–H and O–H groups in total. The van der Waals surface area contributed by atoms with Gasteiger partial charge in [0, 0.05) is 49.2 Å². The maximum absolute atomic E-state index is 5.93. The van der Waals surface area contributed by atoms with Crippen LogP contribution in [0, 0.1) is 0 Å². The zero-order chi connectivity index (χ0) is 21.3. The summed E-state index contributed by atoms with van der Waals surface area (Å²) in [5.41, 5.74) is 2.10. The summed E-state index contributed by atoms with van der Waals surface area (Å²) in [5.74, 6) is 1.98. The first-order chi connectivity index (χ1) is 14.5. The molecule has 0 atom stereocenters. The molecule has 0 amide bonds. The topological polar surface area (TPSA) is 78.6 Å². The monoisotopic (exact) mass is 430 g/mol. The van der Waals surface area contributed by atoms with E-state index in [4.69, 9.17) is 16.1 Å². The maximum atomic E-state index is 5.93. The Morgan fingerprint density at radius 3 is 2.70 bits per heavy atom. The van der Waals surface area contributed by atoms with E-state index in [2.05, 4.69) is 51.1 Å². The molecule has 1 aromatic heterocycles. The van der Waals surface area contributed by atoms with Crippen molar-refractivity contribution < 1.29 is 4.52 Å². The molecule has 0 spiro atoms. The molecule has 1 aromatic carbocycles. The van der Waals surface area contributed by atoms with Crippen LogP contribution in [0.2, 0.25) is 5.02 Å². The molecule has 7 nitrogen and oxygen atoms in total. The standard InChI is InChI=1S/C22H31ClN6O/c1-4-24-22(26-19-10-13-29(14-11-19)15-16(2)3)25-12-9-20-27-21(28-30-20)17-5-7-18(23)8-6-17/h5-8,19H,2,4,9-15H2,1,3H3,(H2,24,25,26). The van der Waals surface area contributed by atoms with E-state index in [1.165, 1.54) is 5.57 Å². The minimum atomic E-state index is 0.434. The molecule has 8 heteroatoms. The molecular formula is C22H31ClN6O. The predicted molar refractivity (Wildman–Crippen MR) is 122 cm³/mol. The van der Waals surface area contributed by atoms with Gasteiger partial charge in [-0.05, 0) is 51.0 Å². The molecule has 0 unspecified atom stereocenters. The zero-order valence-electron chi connectivity index (χ0n) is 17.8. The second kappa shape index (κ2) is 11.1. The van der Waals surface area contributed by atoms with Crippen molar-refractivity contribution in [3.8, 4) is 11.4 Å². The largest absolute Gasteiger partial charge is 0.357 e. The second-order valence-electron chi connectivity index (χ2n) is 7.68. The number of piperidine rings is 1. The highest BCUT2D eigenvalue weighted by molar-refractivity contribution is 6.30. The van der Waals surface area contributed by atoms with Crippen LogP contribution in [0.3, 0.4) is 0 Å². The first-order valence-corrected chi connectivity index (χ1v) is 10.9. The molecule has 1 aliphatic heterocycles. The first-order valence-electron chi connectivity index (χ1n) is 10.5. The lowest BCUT2D eigenvalue weighted by atomic mass is 10.0. The number of benzene rings is 1. The Labute approximate surface area is 183 Å². The molecule has 0 saturated carbocycles. The van der Waals surface area contributed by atoms with Gasteiger partial charge in [0.25, 0.3) is 0 Å². The Morgan fingerprint density at radius 1 is 1.30 bits per heavy atom. The summed E-state index contributed by atoms with van der Waals surface area (Å²) >= 11 is 5.93. The highest BCUT2D eigenvalue weighted by Gasteiger charge is 2.19. The fourth-order valence-corrected chi connectivity index (χ4v) is 3.59. The Hall–Kier alpha value is -2.38. The fraction of sp³-hybridized carbons (Fsp3) is 0.500. The van der Waals surface area contributed by atoms with Gasteiger partial charge in [0.1, 0.15) is 0 Å². The van der Waals surface area contributed by atoms with E-state index in [9.17, 15) is 0 Å². The molecule has 30 heavy (non-hydrogen) atoms. The predicted octanol–water partition coefficient (Wildman–Crippen LogP) is 3.53. The van der Waals surface area contributed by atoms with Crippen LogP contribution >= 0.6 is 11.6 Å². The van der Waals surface area contributed by atoms with Crippen molar-refractivity contribution in [1.29, 1.82) is 0 Å². The number of halogens is 1. The summed E-state index contributed by atoms with van der Waals surface area (Å²) in [4.78, 5) is 11.6. The van der Waals surface area contributed by atoms with E-state index >= 15 is 0 Å². The summed E-state index contributed by atoms with van der Waals surface area (Å²) in [6.45, 7) is 12.7. The second-order valence-corrected chi connectivity index (χ2v) is 8.12. The van der Waals surface area contributed by atoms with Gasteiger partial charge in [-0.15, -0.1) is 0 Å². The summed E-state index contributed by atoms with van der Waals surface area (Å²) < 4.78 is 5.37. The first kappa shape index (κ1) is 22.3. The molecule has 2 heterocycles. The summed E-state index contributed by atoms with van der Waals surface area (Å²) in [7, 11) is 0. The molecule has 0 bridgehead atoms. The lowest BCUT2D eigenvalue weighted by Gasteiger charge is -2.33. The van der Waals surface area contributed by atoms with Crippen molar-refractivity contribution in [3.63, 3.8) is 0 Å². The SMILES string of the molecule is C=C(C)CN1CCC(NC(=NCCc2nc(-c3ccc(Cl)cc3)no2)NCC)CC1. The van der Waals surface area contributed by atoms with Gasteiger partial charge >= 0.3 is 0 Å². The Bertz CT molecular complexity index is 840. The Kier molecular flexibility index (Phi) is 8.28. The highest BCUT2D eigenvalue weighted by Crippen LogP contribution is 2.18. The van der Waals surface area contributed by atoms with Crippen LogP contribution < -0.4 is 10.6 Å². The highest BCUT2D eigenvalue weighted by atomic mass is 35.5.